The number of pyridine rings is 2. The van der Waals surface area contributed by atoms with Crippen molar-refractivity contribution >= 4 is 68.8 Å². The van der Waals surface area contributed by atoms with Crippen LogP contribution in [0, 0.1) is 28.9 Å². The number of nitrogen functional groups attached to an aromatic ring is 1. The van der Waals surface area contributed by atoms with Crippen molar-refractivity contribution < 1.29 is 13.6 Å². The molecule has 3 aromatic rings. The molecule has 0 radical (unpaired) electrons. The van der Waals surface area contributed by atoms with Crippen LogP contribution in [0.3, 0.4) is 0 Å². The van der Waals surface area contributed by atoms with Gasteiger partial charge >= 0.3 is 0 Å². The van der Waals surface area contributed by atoms with Gasteiger partial charge in [-0.1, -0.05) is 55.2 Å². The molecule has 0 spiro atoms. The number of rotatable bonds is 5. The summed E-state index contributed by atoms with van der Waals surface area (Å²) in [5.74, 6) is -3.11. The Morgan fingerprint density at radius 2 is 1.83 bits per heavy atom. The third kappa shape index (κ3) is 5.52. The first-order chi connectivity index (χ1) is 22.2. The molecular formula is C33H32Cl3F2N7O2. The van der Waals surface area contributed by atoms with Gasteiger partial charge in [-0.05, 0) is 56.7 Å². The molecule has 1 saturated heterocycles. The first-order valence-electron chi connectivity index (χ1n) is 14.8. The molecule has 3 atom stereocenters. The smallest absolute Gasteiger partial charge is 0.276 e. The maximum absolute atomic E-state index is 14.9. The fourth-order valence-corrected chi connectivity index (χ4v) is 7.34. The topological polar surface area (TPSA) is 120 Å². The number of amides is 1. The number of carbonyl (C=O) groups excluding carboxylic acids is 1. The van der Waals surface area contributed by atoms with Gasteiger partial charge in [-0.25, -0.2) is 13.8 Å². The predicted octanol–water partition coefficient (Wildman–Crippen LogP) is 6.74. The van der Waals surface area contributed by atoms with Crippen LogP contribution in [-0.4, -0.2) is 51.6 Å². The highest BCUT2D eigenvalue weighted by atomic mass is 35.5. The first kappa shape index (κ1) is 34.2. The molecule has 5 rings (SSSR count). The van der Waals surface area contributed by atoms with Crippen LogP contribution in [0.2, 0.25) is 15.1 Å². The molecule has 246 valence electrons. The monoisotopic (exact) mass is 701 g/mol. The molecular weight excluding hydrogens is 671 g/mol. The Hall–Kier alpha value is -4.11. The maximum atomic E-state index is 14.9. The molecule has 2 aromatic heterocycles. The van der Waals surface area contributed by atoms with Crippen LogP contribution in [0.1, 0.15) is 40.2 Å². The predicted molar refractivity (Wildman–Crippen MR) is 183 cm³/mol. The van der Waals surface area contributed by atoms with Crippen LogP contribution in [0.15, 0.2) is 41.4 Å². The number of allylic oxidation sites excluding steroid dienone is 2. The Balaban J connectivity index is 1.92. The highest BCUT2D eigenvalue weighted by molar-refractivity contribution is 6.42. The Bertz CT molecular complexity index is 1980. The van der Waals surface area contributed by atoms with E-state index in [-0.39, 0.29) is 76.2 Å². The Kier molecular flexibility index (Phi) is 9.34. The normalized spacial score (nSPS) is 19.7. The van der Waals surface area contributed by atoms with Gasteiger partial charge in [0.1, 0.15) is 17.3 Å². The van der Waals surface area contributed by atoms with E-state index < -0.39 is 32.9 Å². The standard InChI is InChI=1S/C33H32Cl3F2N7O2/c1-7-21(46)44-16(5)12-43(13-17(44)6)31-18-10-20(34)29(22-23(35)25(37)26(38)27(40)24(22)36)42-32(18)45(33(47)19(31)11-39)30-15(4)8-9-41-28(30)14(2)3/h7-10,14,16-17,28,41H,1,12-13,40H2,2-6H3/t16-,17+,28-/m1/s1. The summed E-state index contributed by atoms with van der Waals surface area (Å²) in [6.45, 7) is 13.7. The molecule has 9 nitrogen and oxygen atoms in total. The third-order valence-corrected chi connectivity index (χ3v) is 9.64. The molecule has 3 N–H and O–H groups in total. The number of nitrogens with zero attached hydrogens (tertiary/aromatic N) is 5. The number of nitrogens with two attached hydrogens (primary N) is 1. The lowest BCUT2D eigenvalue weighted by Crippen LogP contribution is -2.58. The number of piperazine rings is 1. The van der Waals surface area contributed by atoms with E-state index in [0.29, 0.717) is 11.1 Å². The highest BCUT2D eigenvalue weighted by Gasteiger charge is 2.36. The van der Waals surface area contributed by atoms with Crippen LogP contribution in [0.5, 0.6) is 0 Å². The molecule has 47 heavy (non-hydrogen) atoms. The largest absolute Gasteiger partial charge is 0.395 e. The maximum Gasteiger partial charge on any atom is 0.276 e. The summed E-state index contributed by atoms with van der Waals surface area (Å²) in [5, 5.41) is 13.0. The van der Waals surface area contributed by atoms with Gasteiger partial charge in [0.25, 0.3) is 5.56 Å². The van der Waals surface area contributed by atoms with E-state index in [9.17, 15) is 23.6 Å². The van der Waals surface area contributed by atoms with Gasteiger partial charge in [0.2, 0.25) is 5.91 Å². The van der Waals surface area contributed by atoms with Gasteiger partial charge in [-0.3, -0.25) is 14.2 Å². The van der Waals surface area contributed by atoms with E-state index in [4.69, 9.17) is 45.5 Å². The number of nitrogens with one attached hydrogen (secondary N) is 1. The summed E-state index contributed by atoms with van der Waals surface area (Å²) in [6.07, 6.45) is 4.83. The van der Waals surface area contributed by atoms with Crippen LogP contribution in [-0.2, 0) is 4.79 Å². The molecule has 0 bridgehead atoms. The summed E-state index contributed by atoms with van der Waals surface area (Å²) in [6, 6.07) is 2.60. The van der Waals surface area contributed by atoms with Crippen molar-refractivity contribution in [2.45, 2.75) is 52.7 Å². The van der Waals surface area contributed by atoms with Gasteiger partial charge in [0, 0.05) is 36.1 Å². The van der Waals surface area contributed by atoms with Gasteiger partial charge in [0.05, 0.1) is 43.9 Å². The van der Waals surface area contributed by atoms with E-state index in [2.05, 4.69) is 18.0 Å². The van der Waals surface area contributed by atoms with Crippen molar-refractivity contribution in [3.05, 3.63) is 79.2 Å². The Morgan fingerprint density at radius 3 is 2.40 bits per heavy atom. The summed E-state index contributed by atoms with van der Waals surface area (Å²) in [7, 11) is 0. The lowest BCUT2D eigenvalue weighted by atomic mass is 9.94. The zero-order valence-corrected chi connectivity index (χ0v) is 28.5. The molecule has 2 aliphatic heterocycles. The SMILES string of the molecule is C=CC(=O)N1[C@H](C)CN(c2c(C#N)c(=O)n(C3=C(C)C=CN[C@@H]3C(C)C)c3nc(-c4c(Cl)c(N)c(F)c(F)c4Cl)c(Cl)cc23)C[C@@H]1C. The Labute approximate surface area is 285 Å². The van der Waals surface area contributed by atoms with Crippen LogP contribution in [0.4, 0.5) is 20.2 Å². The van der Waals surface area contributed by atoms with Crippen LogP contribution in [0.25, 0.3) is 28.0 Å². The van der Waals surface area contributed by atoms with Crippen molar-refractivity contribution in [1.82, 2.24) is 19.8 Å². The number of benzene rings is 1. The number of hydrogen-bond acceptors (Lipinski definition) is 7. The number of fused-ring (bicyclic) bond motifs is 1. The summed E-state index contributed by atoms with van der Waals surface area (Å²) in [4.78, 5) is 35.6. The number of halogens is 5. The Morgan fingerprint density at radius 1 is 1.19 bits per heavy atom. The average Bonchev–Trinajstić information content (AvgIpc) is 3.02. The van der Waals surface area contributed by atoms with Crippen LogP contribution < -0.4 is 21.5 Å². The minimum absolute atomic E-state index is 0.0177. The number of aromatic nitrogens is 2. The summed E-state index contributed by atoms with van der Waals surface area (Å²) >= 11 is 19.5. The molecule has 0 aliphatic carbocycles. The van der Waals surface area contributed by atoms with Crippen molar-refractivity contribution in [1.29, 1.82) is 5.26 Å². The van der Waals surface area contributed by atoms with Crippen molar-refractivity contribution in [3.8, 4) is 17.3 Å². The highest BCUT2D eigenvalue weighted by Crippen LogP contribution is 2.45. The molecule has 1 amide bonds. The minimum Gasteiger partial charge on any atom is -0.395 e. The molecule has 0 unspecified atom stereocenters. The number of anilines is 2. The molecule has 2 aliphatic rings. The number of carbonyl (C=O) groups is 1. The zero-order chi connectivity index (χ0) is 34.6. The van der Waals surface area contributed by atoms with Crippen LogP contribution >= 0.6 is 34.8 Å². The molecule has 14 heteroatoms. The average molecular weight is 703 g/mol. The zero-order valence-electron chi connectivity index (χ0n) is 26.3. The third-order valence-electron chi connectivity index (χ3n) is 8.60. The molecule has 0 saturated carbocycles. The van der Waals surface area contributed by atoms with Crippen molar-refractivity contribution in [3.63, 3.8) is 0 Å². The van der Waals surface area contributed by atoms with Crippen molar-refractivity contribution in [2.75, 3.05) is 23.7 Å². The summed E-state index contributed by atoms with van der Waals surface area (Å²) < 4.78 is 30.7. The lowest BCUT2D eigenvalue weighted by Gasteiger charge is -2.45. The quantitative estimate of drug-likeness (QED) is 0.131. The summed E-state index contributed by atoms with van der Waals surface area (Å²) in [5.41, 5.74) is 5.50. The minimum atomic E-state index is -1.44. The number of nitriles is 1. The van der Waals surface area contributed by atoms with E-state index in [1.165, 1.54) is 16.7 Å². The number of dihydropyridines is 1. The first-order valence-corrected chi connectivity index (χ1v) is 15.9. The second-order valence-corrected chi connectivity index (χ2v) is 13.2. The fraction of sp³-hybridized carbons (Fsp3) is 0.333. The fourth-order valence-electron chi connectivity index (χ4n) is 6.51. The van der Waals surface area contributed by atoms with E-state index in [1.807, 2.05) is 39.5 Å². The van der Waals surface area contributed by atoms with Gasteiger partial charge in [-0.2, -0.15) is 5.26 Å². The number of hydrogen-bond donors (Lipinski definition) is 2. The van der Waals surface area contributed by atoms with Crippen molar-refractivity contribution in [2.24, 2.45) is 5.92 Å². The van der Waals surface area contributed by atoms with E-state index in [1.54, 1.807) is 17.2 Å². The van der Waals surface area contributed by atoms with Gasteiger partial charge < -0.3 is 20.9 Å². The second-order valence-electron chi connectivity index (χ2n) is 12.1. The van der Waals surface area contributed by atoms with E-state index >= 15 is 0 Å². The van der Waals surface area contributed by atoms with Gasteiger partial charge in [0.15, 0.2) is 11.6 Å². The molecule has 1 fully saturated rings. The van der Waals surface area contributed by atoms with E-state index in [0.717, 1.165) is 5.57 Å². The molecule has 4 heterocycles. The lowest BCUT2D eigenvalue weighted by molar-refractivity contribution is -0.130. The second kappa shape index (κ2) is 12.8. The van der Waals surface area contributed by atoms with Gasteiger partial charge in [-0.15, -0.1) is 0 Å². The molecule has 1 aromatic carbocycles.